The molecule has 1 fully saturated rings. The van der Waals surface area contributed by atoms with Crippen LogP contribution in [0.2, 0.25) is 0 Å². The van der Waals surface area contributed by atoms with E-state index in [9.17, 15) is 13.5 Å². The number of aromatic nitrogens is 4. The summed E-state index contributed by atoms with van der Waals surface area (Å²) in [7, 11) is -2.02. The topological polar surface area (TPSA) is 93.2 Å². The van der Waals surface area contributed by atoms with Gasteiger partial charge in [0.1, 0.15) is 0 Å². The van der Waals surface area contributed by atoms with E-state index in [4.69, 9.17) is 0 Å². The van der Waals surface area contributed by atoms with Crippen LogP contribution in [0, 0.1) is 5.92 Å². The summed E-state index contributed by atoms with van der Waals surface area (Å²) in [4.78, 5) is 0. The third-order valence-electron chi connectivity index (χ3n) is 4.60. The molecule has 0 unspecified atom stereocenters. The molecular formula is C15H23N5O3S. The molecule has 24 heavy (non-hydrogen) atoms. The molecule has 0 radical (unpaired) electrons. The fourth-order valence-electron chi connectivity index (χ4n) is 3.16. The van der Waals surface area contributed by atoms with Crippen molar-refractivity contribution in [3.63, 3.8) is 0 Å². The smallest absolute Gasteiger partial charge is 0.260 e. The molecule has 1 aliphatic heterocycles. The largest absolute Gasteiger partial charge is 0.396 e. The maximum absolute atomic E-state index is 12.8. The molecule has 132 valence electrons. The quantitative estimate of drug-likeness (QED) is 0.849. The Bertz CT molecular complexity index is 811. The molecule has 0 spiro atoms. The van der Waals surface area contributed by atoms with E-state index in [2.05, 4.69) is 10.2 Å². The maximum atomic E-state index is 12.8. The highest BCUT2D eigenvalue weighted by Gasteiger charge is 2.41. The van der Waals surface area contributed by atoms with Gasteiger partial charge in [0.05, 0.1) is 12.4 Å². The van der Waals surface area contributed by atoms with Crippen LogP contribution in [-0.4, -0.2) is 57.1 Å². The molecule has 2 aromatic heterocycles. The highest BCUT2D eigenvalue weighted by molar-refractivity contribution is 7.89. The Morgan fingerprint density at radius 3 is 2.62 bits per heavy atom. The number of hydrogen-bond donors (Lipinski definition) is 1. The molecular weight excluding hydrogens is 330 g/mol. The van der Waals surface area contributed by atoms with Crippen LogP contribution in [-0.2, 0) is 17.1 Å². The fraction of sp³-hybridized carbons (Fsp3) is 0.600. The van der Waals surface area contributed by atoms with Crippen molar-refractivity contribution in [2.45, 2.75) is 30.8 Å². The average Bonchev–Trinajstić information content (AvgIpc) is 3.25. The second-order valence-electron chi connectivity index (χ2n) is 6.51. The lowest BCUT2D eigenvalue weighted by molar-refractivity contribution is 0.223. The number of aliphatic hydroxyl groups excluding tert-OH is 1. The van der Waals surface area contributed by atoms with Crippen LogP contribution in [0.5, 0.6) is 0 Å². The Morgan fingerprint density at radius 2 is 2.08 bits per heavy atom. The Kier molecular flexibility index (Phi) is 4.50. The molecule has 3 heterocycles. The van der Waals surface area contributed by atoms with E-state index in [0.717, 1.165) is 5.56 Å². The van der Waals surface area contributed by atoms with Crippen LogP contribution in [0.25, 0.3) is 0 Å². The predicted molar refractivity (Wildman–Crippen MR) is 87.9 cm³/mol. The number of sulfonamides is 1. The van der Waals surface area contributed by atoms with E-state index in [1.54, 1.807) is 13.2 Å². The number of aliphatic hydroxyl groups is 1. The van der Waals surface area contributed by atoms with Gasteiger partial charge >= 0.3 is 0 Å². The van der Waals surface area contributed by atoms with Gasteiger partial charge in [0.25, 0.3) is 10.0 Å². The van der Waals surface area contributed by atoms with E-state index in [0.29, 0.717) is 13.1 Å². The summed E-state index contributed by atoms with van der Waals surface area (Å²) in [6.45, 7) is 4.64. The maximum Gasteiger partial charge on any atom is 0.260 e. The zero-order valence-electron chi connectivity index (χ0n) is 14.1. The third-order valence-corrected chi connectivity index (χ3v) is 6.51. The first-order valence-corrected chi connectivity index (χ1v) is 9.41. The minimum Gasteiger partial charge on any atom is -0.396 e. The van der Waals surface area contributed by atoms with Crippen LogP contribution in [0.3, 0.4) is 0 Å². The minimum absolute atomic E-state index is 0.0606. The molecule has 2 aromatic rings. The number of rotatable bonds is 5. The van der Waals surface area contributed by atoms with Gasteiger partial charge in [-0.15, -0.1) is 0 Å². The molecule has 0 amide bonds. The predicted octanol–water partition coefficient (Wildman–Crippen LogP) is 0.594. The second-order valence-corrected chi connectivity index (χ2v) is 8.40. The van der Waals surface area contributed by atoms with E-state index in [-0.39, 0.29) is 29.5 Å². The Labute approximate surface area is 141 Å². The molecule has 0 bridgehead atoms. The third kappa shape index (κ3) is 2.87. The normalized spacial score (nSPS) is 22.5. The number of aryl methyl sites for hydroxylation is 1. The molecule has 9 heteroatoms. The first kappa shape index (κ1) is 17.1. The Morgan fingerprint density at radius 1 is 1.33 bits per heavy atom. The molecule has 1 saturated heterocycles. The lowest BCUT2D eigenvalue weighted by Gasteiger charge is -2.16. The number of hydrogen-bond acceptors (Lipinski definition) is 5. The summed E-state index contributed by atoms with van der Waals surface area (Å²) in [6, 6.07) is 1.73. The van der Waals surface area contributed by atoms with Gasteiger partial charge in [-0.2, -0.15) is 14.5 Å². The van der Waals surface area contributed by atoms with Crippen molar-refractivity contribution in [3.8, 4) is 0 Å². The first-order valence-electron chi connectivity index (χ1n) is 7.97. The van der Waals surface area contributed by atoms with Gasteiger partial charge in [0.15, 0.2) is 5.03 Å². The average molecular weight is 353 g/mol. The second kappa shape index (κ2) is 6.30. The molecule has 2 atom stereocenters. The van der Waals surface area contributed by atoms with Gasteiger partial charge in [-0.3, -0.25) is 9.36 Å². The summed E-state index contributed by atoms with van der Waals surface area (Å²) in [5.74, 6) is -0.205. The summed E-state index contributed by atoms with van der Waals surface area (Å²) >= 11 is 0. The van der Waals surface area contributed by atoms with Crippen LogP contribution in [0.1, 0.15) is 31.4 Å². The monoisotopic (exact) mass is 353 g/mol. The van der Waals surface area contributed by atoms with Crippen molar-refractivity contribution >= 4 is 10.0 Å². The van der Waals surface area contributed by atoms with Crippen molar-refractivity contribution in [2.75, 3.05) is 19.7 Å². The lowest BCUT2D eigenvalue weighted by atomic mass is 9.92. The molecule has 1 aliphatic rings. The van der Waals surface area contributed by atoms with Crippen molar-refractivity contribution < 1.29 is 13.5 Å². The first-order chi connectivity index (χ1) is 11.3. The summed E-state index contributed by atoms with van der Waals surface area (Å²) in [5.41, 5.74) is 0.963. The summed E-state index contributed by atoms with van der Waals surface area (Å²) < 4.78 is 30.3. The van der Waals surface area contributed by atoms with E-state index in [1.807, 2.05) is 24.7 Å². The van der Waals surface area contributed by atoms with Gasteiger partial charge < -0.3 is 5.11 Å². The SMILES string of the molecule is CC(C)n1cc([C@@H]2CN(S(=O)(=O)c3ccnn3C)C[C@H]2CO)cn1. The highest BCUT2D eigenvalue weighted by Crippen LogP contribution is 2.35. The standard InChI is InChI=1S/C15H23N5O3S/c1-11(2)20-8-12(6-17-20)14-9-19(7-13(14)10-21)24(22,23)15-4-5-16-18(15)3/h4-6,8,11,13-14,21H,7,9-10H2,1-3H3/t13-,14-/m0/s1. The molecule has 0 aromatic carbocycles. The molecule has 3 rings (SSSR count). The Balaban J connectivity index is 1.88. The van der Waals surface area contributed by atoms with Crippen LogP contribution in [0.4, 0.5) is 0 Å². The van der Waals surface area contributed by atoms with Crippen LogP contribution in [0.15, 0.2) is 29.7 Å². The van der Waals surface area contributed by atoms with Gasteiger partial charge in [0.2, 0.25) is 0 Å². The van der Waals surface area contributed by atoms with Crippen molar-refractivity contribution in [1.82, 2.24) is 23.9 Å². The van der Waals surface area contributed by atoms with Crippen molar-refractivity contribution in [2.24, 2.45) is 13.0 Å². The summed E-state index contributed by atoms with van der Waals surface area (Å²) in [6.07, 6.45) is 5.18. The molecule has 0 saturated carbocycles. The van der Waals surface area contributed by atoms with Crippen molar-refractivity contribution in [3.05, 3.63) is 30.2 Å². The zero-order chi connectivity index (χ0) is 17.5. The molecule has 1 N–H and O–H groups in total. The number of nitrogens with zero attached hydrogens (tertiary/aromatic N) is 5. The van der Waals surface area contributed by atoms with Gasteiger partial charge in [-0.05, 0) is 25.5 Å². The van der Waals surface area contributed by atoms with E-state index in [1.165, 1.54) is 21.3 Å². The minimum atomic E-state index is -3.62. The highest BCUT2D eigenvalue weighted by atomic mass is 32.2. The van der Waals surface area contributed by atoms with Gasteiger partial charge in [-0.25, -0.2) is 8.42 Å². The van der Waals surface area contributed by atoms with Crippen LogP contribution >= 0.6 is 0 Å². The fourth-order valence-corrected chi connectivity index (χ4v) is 4.79. The molecule has 8 nitrogen and oxygen atoms in total. The lowest BCUT2D eigenvalue weighted by Crippen LogP contribution is -2.30. The van der Waals surface area contributed by atoms with Gasteiger partial charge in [-0.1, -0.05) is 0 Å². The zero-order valence-corrected chi connectivity index (χ0v) is 14.9. The van der Waals surface area contributed by atoms with Crippen LogP contribution < -0.4 is 0 Å². The van der Waals surface area contributed by atoms with Gasteiger partial charge in [0, 0.05) is 50.8 Å². The van der Waals surface area contributed by atoms with E-state index < -0.39 is 10.0 Å². The van der Waals surface area contributed by atoms with Crippen molar-refractivity contribution in [1.29, 1.82) is 0 Å². The van der Waals surface area contributed by atoms with E-state index >= 15 is 0 Å². The Hall–Kier alpha value is -1.71. The summed E-state index contributed by atoms with van der Waals surface area (Å²) in [5, 5.41) is 18.2. The molecule has 0 aliphatic carbocycles.